The summed E-state index contributed by atoms with van der Waals surface area (Å²) >= 11 is 0. The van der Waals surface area contributed by atoms with Crippen LogP contribution >= 0.6 is 0 Å². The van der Waals surface area contributed by atoms with Crippen molar-refractivity contribution in [1.29, 1.82) is 0 Å². The predicted molar refractivity (Wildman–Crippen MR) is 115 cm³/mol. The Hall–Kier alpha value is -3.16. The molecule has 3 heterocycles. The van der Waals surface area contributed by atoms with Crippen LogP contribution in [-0.4, -0.2) is 54.2 Å². The summed E-state index contributed by atoms with van der Waals surface area (Å²) in [4.78, 5) is 26.5. The number of esters is 1. The van der Waals surface area contributed by atoms with Crippen LogP contribution in [0.2, 0.25) is 0 Å². The van der Waals surface area contributed by atoms with E-state index in [0.717, 1.165) is 34.4 Å². The number of carbonyl (C=O) groups is 2. The molecule has 31 heavy (non-hydrogen) atoms. The zero-order valence-corrected chi connectivity index (χ0v) is 17.3. The third-order valence-electron chi connectivity index (χ3n) is 6.23. The molecular formula is C24H24N2O5. The molecule has 2 unspecified atom stereocenters. The number of anilines is 1. The van der Waals surface area contributed by atoms with Gasteiger partial charge in [0.2, 0.25) is 0 Å². The number of hydrogen-bond donors (Lipinski definition) is 2. The highest BCUT2D eigenvalue weighted by Crippen LogP contribution is 2.41. The number of ether oxygens (including phenoxy) is 2. The second kappa shape index (κ2) is 7.83. The van der Waals surface area contributed by atoms with Crippen molar-refractivity contribution >= 4 is 28.9 Å². The standard InChI is InChI=1S/C24H24N2O5/c1-30-24(29)20-11-16(27)12-26(20)9-8-14-6-7-17-15(10-14)13-31-22(17)21-18-4-2-3-5-19(18)25-23(21)28/h2-7,10,16,20,27H,8-9,11-13H2,1H3,(H,25,28). The van der Waals surface area contributed by atoms with Crippen molar-refractivity contribution in [3.05, 3.63) is 64.7 Å². The number of methoxy groups -OCH3 is 1. The molecule has 2 atom stereocenters. The van der Waals surface area contributed by atoms with E-state index < -0.39 is 12.1 Å². The molecule has 0 spiro atoms. The van der Waals surface area contributed by atoms with Crippen LogP contribution in [0, 0.1) is 0 Å². The first-order chi connectivity index (χ1) is 15.0. The maximum Gasteiger partial charge on any atom is 0.323 e. The molecule has 0 aromatic heterocycles. The Kier molecular flexibility index (Phi) is 5.00. The van der Waals surface area contributed by atoms with Crippen molar-refractivity contribution in [3.8, 4) is 0 Å². The number of aliphatic hydroxyl groups is 1. The van der Waals surface area contributed by atoms with Gasteiger partial charge < -0.3 is 19.9 Å². The normalized spacial score (nSPS) is 24.5. The minimum Gasteiger partial charge on any atom is -0.487 e. The second-order valence-electron chi connectivity index (χ2n) is 8.16. The van der Waals surface area contributed by atoms with Gasteiger partial charge in [-0.25, -0.2) is 0 Å². The van der Waals surface area contributed by atoms with Crippen molar-refractivity contribution in [2.45, 2.75) is 31.6 Å². The topological polar surface area (TPSA) is 88.1 Å². The summed E-state index contributed by atoms with van der Waals surface area (Å²) in [5.74, 6) is 0.178. The molecular weight excluding hydrogens is 396 g/mol. The molecule has 3 aliphatic rings. The Balaban J connectivity index is 1.36. The molecule has 2 aromatic carbocycles. The molecule has 0 bridgehead atoms. The van der Waals surface area contributed by atoms with E-state index in [1.54, 1.807) is 0 Å². The quantitative estimate of drug-likeness (QED) is 0.582. The van der Waals surface area contributed by atoms with Crippen LogP contribution in [-0.2, 0) is 32.1 Å². The third-order valence-corrected chi connectivity index (χ3v) is 6.23. The maximum atomic E-state index is 12.6. The number of carbonyl (C=O) groups excluding carboxylic acids is 2. The number of β-amino-alcohol motifs (C(OH)–C–C–N with tert-alkyl or cyclic N) is 1. The lowest BCUT2D eigenvalue weighted by Crippen LogP contribution is -2.38. The van der Waals surface area contributed by atoms with Crippen LogP contribution in [0.25, 0.3) is 11.3 Å². The number of fused-ring (bicyclic) bond motifs is 2. The molecule has 2 aromatic rings. The molecule has 2 N–H and O–H groups in total. The highest BCUT2D eigenvalue weighted by atomic mass is 16.5. The molecule has 1 fully saturated rings. The van der Waals surface area contributed by atoms with E-state index in [0.29, 0.717) is 37.4 Å². The predicted octanol–water partition coefficient (Wildman–Crippen LogP) is 2.19. The van der Waals surface area contributed by atoms with E-state index in [1.165, 1.54) is 7.11 Å². The fraction of sp³-hybridized carbons (Fsp3) is 0.333. The monoisotopic (exact) mass is 420 g/mol. The van der Waals surface area contributed by atoms with Gasteiger partial charge in [-0.2, -0.15) is 0 Å². The van der Waals surface area contributed by atoms with Gasteiger partial charge in [0, 0.05) is 41.9 Å². The second-order valence-corrected chi connectivity index (χ2v) is 8.16. The van der Waals surface area contributed by atoms with Crippen molar-refractivity contribution in [3.63, 3.8) is 0 Å². The highest BCUT2D eigenvalue weighted by Gasteiger charge is 2.36. The Morgan fingerprint density at radius 2 is 2.10 bits per heavy atom. The van der Waals surface area contributed by atoms with Gasteiger partial charge in [0.1, 0.15) is 18.4 Å². The minimum absolute atomic E-state index is 0.144. The van der Waals surface area contributed by atoms with Crippen LogP contribution in [0.1, 0.15) is 28.7 Å². The molecule has 160 valence electrons. The molecule has 1 saturated heterocycles. The summed E-state index contributed by atoms with van der Waals surface area (Å²) in [6.45, 7) is 1.55. The maximum absolute atomic E-state index is 12.6. The fourth-order valence-corrected chi connectivity index (χ4v) is 4.70. The zero-order chi connectivity index (χ0) is 21.5. The number of benzene rings is 2. The summed E-state index contributed by atoms with van der Waals surface area (Å²) in [7, 11) is 1.38. The molecule has 7 heteroatoms. The number of likely N-dealkylation sites (tertiary alicyclic amines) is 1. The summed E-state index contributed by atoms with van der Waals surface area (Å²) in [5, 5.41) is 12.9. The average Bonchev–Trinajstić information content (AvgIpc) is 3.45. The van der Waals surface area contributed by atoms with E-state index in [9.17, 15) is 14.7 Å². The highest BCUT2D eigenvalue weighted by molar-refractivity contribution is 6.36. The van der Waals surface area contributed by atoms with E-state index in [1.807, 2.05) is 41.3 Å². The molecule has 0 saturated carbocycles. The van der Waals surface area contributed by atoms with Gasteiger partial charge in [-0.3, -0.25) is 14.5 Å². The summed E-state index contributed by atoms with van der Waals surface area (Å²) in [6, 6.07) is 13.4. The molecule has 0 aliphatic carbocycles. The lowest BCUT2D eigenvalue weighted by molar-refractivity contribution is -0.145. The SMILES string of the molecule is COC(=O)C1CC(O)CN1CCc1ccc2c(c1)COC2=C1C(=O)Nc2ccccc21. The number of amides is 1. The number of aliphatic hydroxyl groups excluding tert-OH is 1. The van der Waals surface area contributed by atoms with Crippen LogP contribution < -0.4 is 5.32 Å². The number of nitrogens with one attached hydrogen (secondary N) is 1. The van der Waals surface area contributed by atoms with E-state index in [-0.39, 0.29) is 11.9 Å². The zero-order valence-electron chi connectivity index (χ0n) is 17.3. The van der Waals surface area contributed by atoms with Gasteiger partial charge in [-0.15, -0.1) is 0 Å². The van der Waals surface area contributed by atoms with Gasteiger partial charge in [-0.05, 0) is 18.1 Å². The van der Waals surface area contributed by atoms with Crippen LogP contribution in [0.15, 0.2) is 42.5 Å². The Bertz CT molecular complexity index is 1090. The molecule has 0 radical (unpaired) electrons. The number of rotatable bonds is 4. The van der Waals surface area contributed by atoms with Crippen LogP contribution in [0.4, 0.5) is 5.69 Å². The van der Waals surface area contributed by atoms with E-state index >= 15 is 0 Å². The largest absolute Gasteiger partial charge is 0.487 e. The average molecular weight is 420 g/mol. The van der Waals surface area contributed by atoms with Gasteiger partial charge in [-0.1, -0.05) is 36.4 Å². The fourth-order valence-electron chi connectivity index (χ4n) is 4.70. The van der Waals surface area contributed by atoms with Crippen LogP contribution in [0.5, 0.6) is 0 Å². The van der Waals surface area contributed by atoms with Gasteiger partial charge >= 0.3 is 5.97 Å². The summed E-state index contributed by atoms with van der Waals surface area (Å²) in [5.41, 5.74) is 5.35. The summed E-state index contributed by atoms with van der Waals surface area (Å²) in [6.07, 6.45) is 0.639. The Morgan fingerprint density at radius 1 is 1.26 bits per heavy atom. The van der Waals surface area contributed by atoms with Gasteiger partial charge in [0.25, 0.3) is 5.91 Å². The first-order valence-electron chi connectivity index (χ1n) is 10.4. The number of hydrogen-bond acceptors (Lipinski definition) is 6. The van der Waals surface area contributed by atoms with Gasteiger partial charge in [0.05, 0.1) is 18.8 Å². The third kappa shape index (κ3) is 3.49. The van der Waals surface area contributed by atoms with Crippen molar-refractivity contribution in [2.24, 2.45) is 0 Å². The van der Waals surface area contributed by atoms with Crippen molar-refractivity contribution in [2.75, 3.05) is 25.5 Å². The van der Waals surface area contributed by atoms with Gasteiger partial charge in [0.15, 0.2) is 0 Å². The van der Waals surface area contributed by atoms with Crippen LogP contribution in [0.3, 0.4) is 0 Å². The first-order valence-corrected chi connectivity index (χ1v) is 10.4. The Labute approximate surface area is 180 Å². The van der Waals surface area contributed by atoms with E-state index in [4.69, 9.17) is 9.47 Å². The number of nitrogens with zero attached hydrogens (tertiary/aromatic N) is 1. The van der Waals surface area contributed by atoms with Crippen molar-refractivity contribution < 1.29 is 24.2 Å². The Morgan fingerprint density at radius 3 is 2.94 bits per heavy atom. The first kappa shape index (κ1) is 19.8. The molecule has 7 nitrogen and oxygen atoms in total. The molecule has 3 aliphatic heterocycles. The minimum atomic E-state index is -0.507. The lowest BCUT2D eigenvalue weighted by Gasteiger charge is -2.21. The molecule has 1 amide bonds. The van der Waals surface area contributed by atoms with Crippen molar-refractivity contribution in [1.82, 2.24) is 4.90 Å². The lowest BCUT2D eigenvalue weighted by atomic mass is 9.98. The summed E-state index contributed by atoms with van der Waals surface area (Å²) < 4.78 is 10.8. The molecule has 5 rings (SSSR count). The number of para-hydroxylation sites is 1. The van der Waals surface area contributed by atoms with E-state index in [2.05, 4.69) is 11.4 Å². The smallest absolute Gasteiger partial charge is 0.323 e.